The predicted octanol–water partition coefficient (Wildman–Crippen LogP) is 2.90. The van der Waals surface area contributed by atoms with Crippen LogP contribution in [0.3, 0.4) is 0 Å². The molecule has 0 heterocycles. The lowest BCUT2D eigenvalue weighted by atomic mass is 10.2. The first-order chi connectivity index (χ1) is 12.5. The van der Waals surface area contributed by atoms with Gasteiger partial charge in [-0.3, -0.25) is 4.79 Å². The minimum atomic E-state index is -0.740. The van der Waals surface area contributed by atoms with Crippen LogP contribution in [0, 0.1) is 17.1 Å². The molecular formula is C19H15FN2O4. The topological polar surface area (TPSA) is 88.4 Å². The summed E-state index contributed by atoms with van der Waals surface area (Å²) in [7, 11) is 1.36. The van der Waals surface area contributed by atoms with Crippen molar-refractivity contribution in [1.29, 1.82) is 5.26 Å². The highest BCUT2D eigenvalue weighted by Gasteiger charge is 2.06. The summed E-state index contributed by atoms with van der Waals surface area (Å²) in [6.45, 7) is -0.472. The lowest BCUT2D eigenvalue weighted by Crippen LogP contribution is -2.20. The highest BCUT2D eigenvalue weighted by atomic mass is 19.1. The molecule has 0 spiro atoms. The summed E-state index contributed by atoms with van der Waals surface area (Å²) in [5.41, 5.74) is 1.39. The average molecular weight is 354 g/mol. The molecule has 0 bridgehead atoms. The van der Waals surface area contributed by atoms with Gasteiger partial charge in [-0.2, -0.15) is 5.26 Å². The van der Waals surface area contributed by atoms with Crippen LogP contribution in [0.15, 0.2) is 48.5 Å². The largest absolute Gasteiger partial charge is 0.494 e. The summed E-state index contributed by atoms with van der Waals surface area (Å²) in [6.07, 6.45) is 2.46. The van der Waals surface area contributed by atoms with Crippen molar-refractivity contribution in [3.63, 3.8) is 0 Å². The second-order valence-electron chi connectivity index (χ2n) is 5.07. The summed E-state index contributed by atoms with van der Waals surface area (Å²) >= 11 is 0. The number of nitrogens with zero attached hydrogens (tertiary/aromatic N) is 1. The summed E-state index contributed by atoms with van der Waals surface area (Å²) in [6, 6.07) is 12.4. The molecule has 0 fully saturated rings. The molecule has 2 aromatic carbocycles. The fourth-order valence-electron chi connectivity index (χ4n) is 1.96. The van der Waals surface area contributed by atoms with Gasteiger partial charge in [0.15, 0.2) is 18.2 Å². The van der Waals surface area contributed by atoms with E-state index in [9.17, 15) is 14.0 Å². The Morgan fingerprint density at radius 1 is 1.23 bits per heavy atom. The number of halogens is 1. The fourth-order valence-corrected chi connectivity index (χ4v) is 1.96. The van der Waals surface area contributed by atoms with Gasteiger partial charge in [0, 0.05) is 11.8 Å². The summed E-state index contributed by atoms with van der Waals surface area (Å²) in [4.78, 5) is 23.3. The van der Waals surface area contributed by atoms with Crippen molar-refractivity contribution in [3.05, 3.63) is 65.5 Å². The first-order valence-corrected chi connectivity index (χ1v) is 7.50. The molecule has 0 aromatic heterocycles. The number of methoxy groups -OCH3 is 1. The molecule has 0 atom stereocenters. The van der Waals surface area contributed by atoms with Crippen molar-refractivity contribution in [2.75, 3.05) is 19.0 Å². The van der Waals surface area contributed by atoms with E-state index in [1.54, 1.807) is 30.3 Å². The second kappa shape index (κ2) is 8.99. The Bertz CT molecular complexity index is 870. The van der Waals surface area contributed by atoms with E-state index in [-0.39, 0.29) is 5.75 Å². The van der Waals surface area contributed by atoms with E-state index in [4.69, 9.17) is 14.7 Å². The summed E-state index contributed by atoms with van der Waals surface area (Å²) in [5.74, 6) is -1.71. The lowest BCUT2D eigenvalue weighted by molar-refractivity contribution is -0.142. The van der Waals surface area contributed by atoms with E-state index >= 15 is 0 Å². The van der Waals surface area contributed by atoms with E-state index in [0.29, 0.717) is 16.8 Å². The second-order valence-corrected chi connectivity index (χ2v) is 5.07. The molecule has 0 saturated carbocycles. The van der Waals surface area contributed by atoms with Crippen molar-refractivity contribution in [2.24, 2.45) is 0 Å². The van der Waals surface area contributed by atoms with Crippen LogP contribution in [0.2, 0.25) is 0 Å². The Balaban J connectivity index is 1.82. The van der Waals surface area contributed by atoms with Gasteiger partial charge in [0.1, 0.15) is 0 Å². The maximum absolute atomic E-state index is 13.5. The molecule has 1 amide bonds. The highest BCUT2D eigenvalue weighted by Crippen LogP contribution is 2.18. The Labute approximate surface area is 149 Å². The molecule has 0 saturated heterocycles. The van der Waals surface area contributed by atoms with Gasteiger partial charge in [-0.05, 0) is 48.0 Å². The van der Waals surface area contributed by atoms with Crippen LogP contribution in [0.5, 0.6) is 5.75 Å². The van der Waals surface area contributed by atoms with Gasteiger partial charge < -0.3 is 14.8 Å². The number of hydrogen-bond donors (Lipinski definition) is 1. The van der Waals surface area contributed by atoms with Crippen LogP contribution < -0.4 is 10.1 Å². The lowest BCUT2D eigenvalue weighted by Gasteiger charge is -2.05. The molecule has 6 nitrogen and oxygen atoms in total. The summed E-state index contributed by atoms with van der Waals surface area (Å²) in [5, 5.41) is 11.2. The Morgan fingerprint density at radius 2 is 1.96 bits per heavy atom. The average Bonchev–Trinajstić information content (AvgIpc) is 2.65. The number of esters is 1. The molecule has 2 rings (SSSR count). The zero-order valence-electron chi connectivity index (χ0n) is 13.9. The smallest absolute Gasteiger partial charge is 0.331 e. The Hall–Kier alpha value is -3.66. The van der Waals surface area contributed by atoms with E-state index in [2.05, 4.69) is 5.32 Å². The summed E-state index contributed by atoms with van der Waals surface area (Å²) < 4.78 is 23.1. The van der Waals surface area contributed by atoms with E-state index < -0.39 is 24.3 Å². The van der Waals surface area contributed by atoms with Crippen LogP contribution in [0.1, 0.15) is 11.1 Å². The first kappa shape index (κ1) is 18.7. The number of amides is 1. The number of ether oxygens (including phenoxy) is 2. The Kier molecular flexibility index (Phi) is 6.46. The molecule has 132 valence electrons. The molecule has 7 heteroatoms. The third-order valence-corrected chi connectivity index (χ3v) is 3.23. The number of carbonyl (C=O) groups is 2. The number of carbonyl (C=O) groups excluding carboxylic acids is 2. The van der Waals surface area contributed by atoms with Crippen LogP contribution in [-0.4, -0.2) is 25.6 Å². The first-order valence-electron chi connectivity index (χ1n) is 7.50. The highest BCUT2D eigenvalue weighted by molar-refractivity contribution is 5.94. The molecule has 0 aliphatic rings. The number of anilines is 1. The van der Waals surface area contributed by atoms with Crippen molar-refractivity contribution >= 4 is 23.6 Å². The van der Waals surface area contributed by atoms with Gasteiger partial charge in [0.2, 0.25) is 0 Å². The molecule has 0 aliphatic carbocycles. The van der Waals surface area contributed by atoms with Crippen LogP contribution in [0.25, 0.3) is 6.08 Å². The number of nitriles is 1. The van der Waals surface area contributed by atoms with E-state index in [0.717, 1.165) is 6.08 Å². The molecule has 0 aliphatic heterocycles. The zero-order valence-corrected chi connectivity index (χ0v) is 13.9. The van der Waals surface area contributed by atoms with E-state index in [1.165, 1.54) is 25.3 Å². The maximum atomic E-state index is 13.5. The number of benzene rings is 2. The molecule has 0 radical (unpaired) electrons. The number of rotatable bonds is 6. The third kappa shape index (κ3) is 5.46. The quantitative estimate of drug-likeness (QED) is 0.636. The molecule has 2 aromatic rings. The van der Waals surface area contributed by atoms with Crippen molar-refractivity contribution < 1.29 is 23.5 Å². The number of nitrogens with one attached hydrogen (secondary N) is 1. The van der Waals surface area contributed by atoms with Gasteiger partial charge >= 0.3 is 5.97 Å². The molecule has 26 heavy (non-hydrogen) atoms. The van der Waals surface area contributed by atoms with Gasteiger partial charge in [-0.15, -0.1) is 0 Å². The molecular weight excluding hydrogens is 339 g/mol. The van der Waals surface area contributed by atoms with Gasteiger partial charge in [-0.1, -0.05) is 6.07 Å². The third-order valence-electron chi connectivity index (χ3n) is 3.23. The van der Waals surface area contributed by atoms with Crippen molar-refractivity contribution in [3.8, 4) is 11.8 Å². The van der Waals surface area contributed by atoms with Crippen molar-refractivity contribution in [2.45, 2.75) is 0 Å². The monoisotopic (exact) mass is 354 g/mol. The fraction of sp³-hybridized carbons (Fsp3) is 0.105. The standard InChI is InChI=1S/C19H15FN2O4/c1-25-17-8-4-13(10-16(17)20)5-9-19(24)26-12-18(23)22-15-6-2-14(11-21)3-7-15/h2-10H,12H2,1H3,(H,22,23)/b9-5+. The maximum Gasteiger partial charge on any atom is 0.331 e. The minimum Gasteiger partial charge on any atom is -0.494 e. The normalized spacial score (nSPS) is 10.2. The van der Waals surface area contributed by atoms with Gasteiger partial charge in [0.25, 0.3) is 5.91 Å². The van der Waals surface area contributed by atoms with Crippen molar-refractivity contribution in [1.82, 2.24) is 0 Å². The van der Waals surface area contributed by atoms with Gasteiger partial charge in [0.05, 0.1) is 18.7 Å². The number of hydrogen-bond acceptors (Lipinski definition) is 5. The zero-order chi connectivity index (χ0) is 18.9. The van der Waals surface area contributed by atoms with Crippen LogP contribution in [0.4, 0.5) is 10.1 Å². The molecule has 1 N–H and O–H groups in total. The predicted molar refractivity (Wildman–Crippen MR) is 92.7 cm³/mol. The SMILES string of the molecule is COc1ccc(/C=C/C(=O)OCC(=O)Nc2ccc(C#N)cc2)cc1F. The Morgan fingerprint density at radius 3 is 2.58 bits per heavy atom. The van der Waals surface area contributed by atoms with Gasteiger partial charge in [-0.25, -0.2) is 9.18 Å². The van der Waals surface area contributed by atoms with Crippen LogP contribution in [-0.2, 0) is 14.3 Å². The minimum absolute atomic E-state index is 0.101. The van der Waals surface area contributed by atoms with E-state index in [1.807, 2.05) is 6.07 Å². The van der Waals surface area contributed by atoms with Crippen LogP contribution >= 0.6 is 0 Å². The molecule has 0 unspecified atom stereocenters.